The third-order valence-corrected chi connectivity index (χ3v) is 3.61. The maximum absolute atomic E-state index is 12.0. The van der Waals surface area contributed by atoms with Gasteiger partial charge >= 0.3 is 0 Å². The minimum atomic E-state index is -0.508. The van der Waals surface area contributed by atoms with Gasteiger partial charge in [0.2, 0.25) is 0 Å². The van der Waals surface area contributed by atoms with E-state index in [9.17, 15) is 14.9 Å². The smallest absolute Gasteiger partial charge is 0.270 e. The van der Waals surface area contributed by atoms with Crippen LogP contribution in [0.25, 0.3) is 0 Å². The lowest BCUT2D eigenvalue weighted by Crippen LogP contribution is -2.35. The van der Waals surface area contributed by atoms with E-state index in [1.54, 1.807) is 6.07 Å². The zero-order valence-electron chi connectivity index (χ0n) is 9.39. The molecule has 6 nitrogen and oxygen atoms in total. The number of nitro groups is 1. The van der Waals surface area contributed by atoms with Crippen molar-refractivity contribution in [3.63, 3.8) is 0 Å². The molecule has 96 valence electrons. The highest BCUT2D eigenvalue weighted by Crippen LogP contribution is 2.20. The number of rotatable bonds is 3. The molecule has 7 heteroatoms. The van der Waals surface area contributed by atoms with E-state index in [1.807, 2.05) is 22.6 Å². The van der Waals surface area contributed by atoms with Crippen molar-refractivity contribution in [3.8, 4) is 0 Å². The fourth-order valence-corrected chi connectivity index (χ4v) is 2.29. The summed E-state index contributed by atoms with van der Waals surface area (Å²) in [7, 11) is 0. The number of nitrogens with one attached hydrogen (secondary N) is 1. The van der Waals surface area contributed by atoms with Gasteiger partial charge in [-0.15, -0.1) is 0 Å². The topological polar surface area (TPSA) is 81.5 Å². The minimum Gasteiger partial charge on any atom is -0.379 e. The SMILES string of the molecule is O=C(NC1CCOC1)c1cc([N+](=O)[O-])ccc1I. The van der Waals surface area contributed by atoms with Gasteiger partial charge in [-0.3, -0.25) is 14.9 Å². The van der Waals surface area contributed by atoms with Crippen molar-refractivity contribution < 1.29 is 14.5 Å². The molecule has 1 amide bonds. The van der Waals surface area contributed by atoms with Crippen LogP contribution in [0.4, 0.5) is 5.69 Å². The number of hydrogen-bond acceptors (Lipinski definition) is 4. The van der Waals surface area contributed by atoms with Crippen LogP contribution in [0.3, 0.4) is 0 Å². The van der Waals surface area contributed by atoms with E-state index < -0.39 is 4.92 Å². The minimum absolute atomic E-state index is 0.00689. The van der Waals surface area contributed by atoms with E-state index in [0.29, 0.717) is 22.3 Å². The number of benzene rings is 1. The number of hydrogen-bond donors (Lipinski definition) is 1. The summed E-state index contributed by atoms with van der Waals surface area (Å²) in [4.78, 5) is 22.2. The Hall–Kier alpha value is -1.22. The molecule has 18 heavy (non-hydrogen) atoms. The van der Waals surface area contributed by atoms with E-state index in [4.69, 9.17) is 4.74 Å². The van der Waals surface area contributed by atoms with Gasteiger partial charge in [0, 0.05) is 22.3 Å². The molecule has 0 bridgehead atoms. The molecule has 1 fully saturated rings. The molecule has 1 saturated heterocycles. The molecular weight excluding hydrogens is 351 g/mol. The average Bonchev–Trinajstić information content (AvgIpc) is 2.81. The molecule has 0 spiro atoms. The molecule has 0 aliphatic carbocycles. The van der Waals surface area contributed by atoms with Crippen LogP contribution in [0.5, 0.6) is 0 Å². The van der Waals surface area contributed by atoms with Crippen molar-refractivity contribution in [2.24, 2.45) is 0 Å². The third-order valence-electron chi connectivity index (χ3n) is 2.67. The molecule has 1 aliphatic rings. The molecule has 1 heterocycles. The second-order valence-corrected chi connectivity index (χ2v) is 5.12. The van der Waals surface area contributed by atoms with Crippen LogP contribution in [-0.4, -0.2) is 30.1 Å². The lowest BCUT2D eigenvalue weighted by Gasteiger charge is -2.11. The standard InChI is InChI=1S/C11H11IN2O4/c12-10-2-1-8(14(16)17)5-9(10)11(15)13-7-3-4-18-6-7/h1-2,5,7H,3-4,6H2,(H,13,15). The van der Waals surface area contributed by atoms with E-state index in [1.165, 1.54) is 12.1 Å². The maximum Gasteiger partial charge on any atom is 0.270 e. The summed E-state index contributed by atoms with van der Waals surface area (Å²) in [5.74, 6) is -0.293. The Morgan fingerprint density at radius 3 is 2.94 bits per heavy atom. The van der Waals surface area contributed by atoms with Crippen LogP contribution < -0.4 is 5.32 Å². The van der Waals surface area contributed by atoms with Crippen LogP contribution in [0.15, 0.2) is 18.2 Å². The summed E-state index contributed by atoms with van der Waals surface area (Å²) in [5, 5.41) is 13.5. The highest BCUT2D eigenvalue weighted by molar-refractivity contribution is 14.1. The number of carbonyl (C=O) groups is 1. The monoisotopic (exact) mass is 362 g/mol. The first-order valence-electron chi connectivity index (χ1n) is 5.40. The lowest BCUT2D eigenvalue weighted by molar-refractivity contribution is -0.384. The quantitative estimate of drug-likeness (QED) is 0.504. The van der Waals surface area contributed by atoms with Crippen LogP contribution >= 0.6 is 22.6 Å². The zero-order valence-corrected chi connectivity index (χ0v) is 11.5. The average molecular weight is 362 g/mol. The molecule has 0 radical (unpaired) electrons. The van der Waals surface area contributed by atoms with Crippen molar-refractivity contribution >= 4 is 34.2 Å². The summed E-state index contributed by atoms with van der Waals surface area (Å²) in [5.41, 5.74) is 0.250. The van der Waals surface area contributed by atoms with Crippen molar-refractivity contribution in [1.29, 1.82) is 0 Å². The molecule has 0 aromatic heterocycles. The summed E-state index contributed by atoms with van der Waals surface area (Å²) in [6, 6.07) is 4.25. The van der Waals surface area contributed by atoms with Crippen molar-refractivity contribution in [3.05, 3.63) is 37.4 Å². The maximum atomic E-state index is 12.0. The van der Waals surface area contributed by atoms with Crippen LogP contribution in [0.1, 0.15) is 16.8 Å². The molecule has 0 saturated carbocycles. The summed E-state index contributed by atoms with van der Waals surface area (Å²) in [6.07, 6.45) is 0.775. The van der Waals surface area contributed by atoms with E-state index in [-0.39, 0.29) is 17.6 Å². The third kappa shape index (κ3) is 2.96. The predicted octanol–water partition coefficient (Wildman–Crippen LogP) is 1.72. The highest BCUT2D eigenvalue weighted by atomic mass is 127. The first kappa shape index (κ1) is 13.2. The van der Waals surface area contributed by atoms with Crippen molar-refractivity contribution in [2.75, 3.05) is 13.2 Å². The first-order valence-corrected chi connectivity index (χ1v) is 6.48. The lowest BCUT2D eigenvalue weighted by atomic mass is 10.1. The number of ether oxygens (including phenoxy) is 1. The van der Waals surface area contributed by atoms with Gasteiger partial charge in [0.1, 0.15) is 0 Å². The fraction of sp³-hybridized carbons (Fsp3) is 0.364. The van der Waals surface area contributed by atoms with Gasteiger partial charge in [-0.05, 0) is 35.1 Å². The molecule has 1 aliphatic heterocycles. The van der Waals surface area contributed by atoms with E-state index in [0.717, 1.165) is 6.42 Å². The van der Waals surface area contributed by atoms with Crippen LogP contribution in [-0.2, 0) is 4.74 Å². The van der Waals surface area contributed by atoms with Gasteiger partial charge in [-0.25, -0.2) is 0 Å². The normalized spacial score (nSPS) is 18.6. The number of nitrogens with zero attached hydrogens (tertiary/aromatic N) is 1. The fourth-order valence-electron chi connectivity index (χ4n) is 1.71. The molecule has 1 aromatic carbocycles. The van der Waals surface area contributed by atoms with Gasteiger partial charge in [0.15, 0.2) is 0 Å². The van der Waals surface area contributed by atoms with Crippen molar-refractivity contribution in [2.45, 2.75) is 12.5 Å². The Kier molecular flexibility index (Phi) is 4.12. The zero-order chi connectivity index (χ0) is 13.1. The second kappa shape index (κ2) is 5.61. The van der Waals surface area contributed by atoms with E-state index >= 15 is 0 Å². The molecule has 1 unspecified atom stereocenters. The number of carbonyl (C=O) groups excluding carboxylic acids is 1. The molecule has 1 atom stereocenters. The van der Waals surface area contributed by atoms with Gasteiger partial charge < -0.3 is 10.1 Å². The Morgan fingerprint density at radius 1 is 1.56 bits per heavy atom. The molecular formula is C11H11IN2O4. The van der Waals surface area contributed by atoms with E-state index in [2.05, 4.69) is 5.32 Å². The number of amides is 1. The van der Waals surface area contributed by atoms with Crippen LogP contribution in [0.2, 0.25) is 0 Å². The van der Waals surface area contributed by atoms with Crippen LogP contribution in [0, 0.1) is 13.7 Å². The highest BCUT2D eigenvalue weighted by Gasteiger charge is 2.21. The van der Waals surface area contributed by atoms with Gasteiger partial charge in [-0.2, -0.15) is 0 Å². The Morgan fingerprint density at radius 2 is 2.33 bits per heavy atom. The number of nitro benzene ring substituents is 1. The summed E-state index contributed by atoms with van der Waals surface area (Å²) in [6.45, 7) is 1.13. The molecule has 1 N–H and O–H groups in total. The number of halogens is 1. The second-order valence-electron chi connectivity index (χ2n) is 3.96. The Balaban J connectivity index is 2.17. The van der Waals surface area contributed by atoms with Gasteiger partial charge in [0.25, 0.3) is 11.6 Å². The Labute approximate surface area is 117 Å². The Bertz CT molecular complexity index is 486. The van der Waals surface area contributed by atoms with Gasteiger partial charge in [0.05, 0.1) is 23.1 Å². The predicted molar refractivity (Wildman–Crippen MR) is 72.5 cm³/mol. The first-order chi connectivity index (χ1) is 8.58. The number of non-ortho nitro benzene ring substituents is 1. The largest absolute Gasteiger partial charge is 0.379 e. The molecule has 2 rings (SSSR count). The van der Waals surface area contributed by atoms with Crippen molar-refractivity contribution in [1.82, 2.24) is 5.32 Å². The summed E-state index contributed by atoms with van der Waals surface area (Å²) >= 11 is 1.99. The summed E-state index contributed by atoms with van der Waals surface area (Å²) < 4.78 is 5.85. The molecule has 1 aromatic rings. The van der Waals surface area contributed by atoms with Gasteiger partial charge in [-0.1, -0.05) is 0 Å².